The monoisotopic (exact) mass is 265 g/mol. The minimum Gasteiger partial charge on any atom is -0.472 e. The lowest BCUT2D eigenvalue weighted by molar-refractivity contribution is 0.298. The molecule has 2 aromatic carbocycles. The number of ether oxygens (including phenoxy) is 1. The Labute approximate surface area is 117 Å². The second-order valence-corrected chi connectivity index (χ2v) is 4.39. The van der Waals surface area contributed by atoms with Crippen molar-refractivity contribution in [3.05, 3.63) is 60.2 Å². The number of nitrogens with zero attached hydrogens (tertiary/aromatic N) is 2. The number of anilines is 1. The molecule has 100 valence electrons. The second-order valence-electron chi connectivity index (χ2n) is 4.39. The van der Waals surface area contributed by atoms with E-state index in [-0.39, 0.29) is 0 Å². The molecule has 3 aromatic rings. The average molecular weight is 265 g/mol. The number of fused-ring (bicyclic) bond motifs is 1. The molecule has 0 aliphatic carbocycles. The smallest absolute Gasteiger partial charge is 0.226 e. The number of hydrogen-bond acceptors (Lipinski definition) is 4. The molecule has 1 N–H and O–H groups in total. The molecule has 4 heteroatoms. The molecule has 0 spiro atoms. The van der Waals surface area contributed by atoms with Crippen LogP contribution in [0.4, 0.5) is 5.95 Å². The molecular formula is C16H15N3O. The summed E-state index contributed by atoms with van der Waals surface area (Å²) in [5.41, 5.74) is 1.98. The van der Waals surface area contributed by atoms with Crippen LogP contribution in [0.25, 0.3) is 10.9 Å². The molecule has 0 atom stereocenters. The highest BCUT2D eigenvalue weighted by Gasteiger charge is 2.07. The zero-order chi connectivity index (χ0) is 13.8. The summed E-state index contributed by atoms with van der Waals surface area (Å²) in [6, 6.07) is 17.9. The van der Waals surface area contributed by atoms with Gasteiger partial charge in [0.2, 0.25) is 11.8 Å². The van der Waals surface area contributed by atoms with E-state index in [9.17, 15) is 0 Å². The quantitative estimate of drug-likeness (QED) is 0.786. The third kappa shape index (κ3) is 2.54. The van der Waals surface area contributed by atoms with Crippen LogP contribution in [0.1, 0.15) is 5.56 Å². The van der Waals surface area contributed by atoms with E-state index in [0.29, 0.717) is 18.4 Å². The molecule has 20 heavy (non-hydrogen) atoms. The van der Waals surface area contributed by atoms with Crippen molar-refractivity contribution >= 4 is 16.9 Å². The van der Waals surface area contributed by atoms with Crippen molar-refractivity contribution in [1.82, 2.24) is 9.97 Å². The minimum absolute atomic E-state index is 0.491. The Morgan fingerprint density at radius 3 is 2.50 bits per heavy atom. The molecule has 0 radical (unpaired) electrons. The topological polar surface area (TPSA) is 47.0 Å². The summed E-state index contributed by atoms with van der Waals surface area (Å²) in [7, 11) is 1.80. The van der Waals surface area contributed by atoms with Crippen molar-refractivity contribution in [2.75, 3.05) is 12.4 Å². The molecule has 0 aliphatic rings. The second kappa shape index (κ2) is 5.57. The lowest BCUT2D eigenvalue weighted by atomic mass is 10.2. The molecule has 1 heterocycles. The number of benzene rings is 2. The Morgan fingerprint density at radius 2 is 1.70 bits per heavy atom. The van der Waals surface area contributed by atoms with Gasteiger partial charge in [-0.25, -0.2) is 4.98 Å². The highest BCUT2D eigenvalue weighted by Crippen LogP contribution is 2.24. The van der Waals surface area contributed by atoms with Crippen LogP contribution in [0.3, 0.4) is 0 Å². The highest BCUT2D eigenvalue weighted by atomic mass is 16.5. The molecule has 0 unspecified atom stereocenters. The van der Waals surface area contributed by atoms with Crippen LogP contribution in [0, 0.1) is 0 Å². The molecule has 3 rings (SSSR count). The summed E-state index contributed by atoms with van der Waals surface area (Å²) in [6.45, 7) is 0.491. The summed E-state index contributed by atoms with van der Waals surface area (Å²) in [5.74, 6) is 1.16. The van der Waals surface area contributed by atoms with E-state index in [1.54, 1.807) is 7.05 Å². The number of hydrogen-bond donors (Lipinski definition) is 1. The fourth-order valence-corrected chi connectivity index (χ4v) is 2.00. The Hall–Kier alpha value is -2.62. The van der Waals surface area contributed by atoms with E-state index in [4.69, 9.17) is 4.74 Å². The SMILES string of the molecule is CNc1nc(OCc2ccccc2)c2ccccc2n1. The average Bonchev–Trinajstić information content (AvgIpc) is 2.53. The predicted molar refractivity (Wildman–Crippen MR) is 79.9 cm³/mol. The summed E-state index contributed by atoms with van der Waals surface area (Å²) in [4.78, 5) is 8.80. The third-order valence-corrected chi connectivity index (χ3v) is 3.01. The van der Waals surface area contributed by atoms with Crippen LogP contribution in [-0.4, -0.2) is 17.0 Å². The normalized spacial score (nSPS) is 10.4. The van der Waals surface area contributed by atoms with Crippen molar-refractivity contribution in [1.29, 1.82) is 0 Å². The van der Waals surface area contributed by atoms with Gasteiger partial charge in [0.15, 0.2) is 0 Å². The van der Waals surface area contributed by atoms with Crippen LogP contribution in [0.5, 0.6) is 5.88 Å². The van der Waals surface area contributed by atoms with Gasteiger partial charge in [-0.3, -0.25) is 0 Å². The van der Waals surface area contributed by atoms with E-state index in [1.165, 1.54) is 0 Å². The van der Waals surface area contributed by atoms with E-state index in [1.807, 2.05) is 54.6 Å². The first-order valence-electron chi connectivity index (χ1n) is 6.48. The molecule has 0 aliphatic heterocycles. The molecule has 0 amide bonds. The fraction of sp³-hybridized carbons (Fsp3) is 0.125. The maximum absolute atomic E-state index is 5.86. The van der Waals surface area contributed by atoms with Crippen LogP contribution in [0.15, 0.2) is 54.6 Å². The molecule has 4 nitrogen and oxygen atoms in total. The van der Waals surface area contributed by atoms with Gasteiger partial charge in [0.05, 0.1) is 10.9 Å². The summed E-state index contributed by atoms with van der Waals surface area (Å²) in [5, 5.41) is 3.87. The minimum atomic E-state index is 0.491. The van der Waals surface area contributed by atoms with Crippen molar-refractivity contribution in [2.24, 2.45) is 0 Å². The number of para-hydroxylation sites is 1. The lowest BCUT2D eigenvalue weighted by Gasteiger charge is -2.10. The van der Waals surface area contributed by atoms with E-state index in [0.717, 1.165) is 16.5 Å². The van der Waals surface area contributed by atoms with Gasteiger partial charge in [0, 0.05) is 7.05 Å². The van der Waals surface area contributed by atoms with Gasteiger partial charge in [0.1, 0.15) is 6.61 Å². The maximum atomic E-state index is 5.86. The van der Waals surface area contributed by atoms with Crippen LogP contribution >= 0.6 is 0 Å². The number of aromatic nitrogens is 2. The Balaban J connectivity index is 1.93. The third-order valence-electron chi connectivity index (χ3n) is 3.01. The maximum Gasteiger partial charge on any atom is 0.226 e. The van der Waals surface area contributed by atoms with Crippen molar-refractivity contribution < 1.29 is 4.74 Å². The Kier molecular flexibility index (Phi) is 3.46. The van der Waals surface area contributed by atoms with Crippen molar-refractivity contribution in [3.8, 4) is 5.88 Å². The van der Waals surface area contributed by atoms with E-state index >= 15 is 0 Å². The summed E-state index contributed by atoms with van der Waals surface area (Å²) in [6.07, 6.45) is 0. The zero-order valence-corrected chi connectivity index (χ0v) is 11.2. The van der Waals surface area contributed by atoms with Crippen LogP contribution in [-0.2, 0) is 6.61 Å². The van der Waals surface area contributed by atoms with Crippen LogP contribution < -0.4 is 10.1 Å². The highest BCUT2D eigenvalue weighted by molar-refractivity contribution is 5.84. The van der Waals surface area contributed by atoms with Crippen molar-refractivity contribution in [2.45, 2.75) is 6.61 Å². The molecule has 0 saturated carbocycles. The predicted octanol–water partition coefficient (Wildman–Crippen LogP) is 3.25. The molecule has 1 aromatic heterocycles. The van der Waals surface area contributed by atoms with Gasteiger partial charge < -0.3 is 10.1 Å². The van der Waals surface area contributed by atoms with Gasteiger partial charge in [0.25, 0.3) is 0 Å². The van der Waals surface area contributed by atoms with Gasteiger partial charge in [-0.15, -0.1) is 0 Å². The van der Waals surface area contributed by atoms with Crippen LogP contribution in [0.2, 0.25) is 0 Å². The first-order valence-corrected chi connectivity index (χ1v) is 6.48. The molecule has 0 saturated heterocycles. The molecule has 0 fully saturated rings. The molecular weight excluding hydrogens is 250 g/mol. The first-order chi connectivity index (χ1) is 9.86. The molecule has 0 bridgehead atoms. The zero-order valence-electron chi connectivity index (χ0n) is 11.2. The van der Waals surface area contributed by atoms with E-state index < -0.39 is 0 Å². The standard InChI is InChI=1S/C16H15N3O/c1-17-16-18-14-10-6-5-9-13(14)15(19-16)20-11-12-7-3-2-4-8-12/h2-10H,11H2,1H3,(H,17,18,19). The number of nitrogens with one attached hydrogen (secondary N) is 1. The lowest BCUT2D eigenvalue weighted by Crippen LogP contribution is -2.02. The summed E-state index contributed by atoms with van der Waals surface area (Å²) >= 11 is 0. The number of rotatable bonds is 4. The van der Waals surface area contributed by atoms with Gasteiger partial charge in [-0.05, 0) is 17.7 Å². The first kappa shape index (κ1) is 12.4. The fourth-order valence-electron chi connectivity index (χ4n) is 2.00. The summed E-state index contributed by atoms with van der Waals surface area (Å²) < 4.78 is 5.86. The van der Waals surface area contributed by atoms with Crippen molar-refractivity contribution in [3.63, 3.8) is 0 Å². The Bertz CT molecular complexity index is 713. The van der Waals surface area contributed by atoms with E-state index in [2.05, 4.69) is 15.3 Å². The van der Waals surface area contributed by atoms with Gasteiger partial charge in [-0.1, -0.05) is 42.5 Å². The van der Waals surface area contributed by atoms with Gasteiger partial charge in [-0.2, -0.15) is 4.98 Å². The Morgan fingerprint density at radius 1 is 0.950 bits per heavy atom. The van der Waals surface area contributed by atoms with Gasteiger partial charge >= 0.3 is 0 Å². The largest absolute Gasteiger partial charge is 0.472 e.